The van der Waals surface area contributed by atoms with Crippen LogP contribution in [0.25, 0.3) is 0 Å². The highest BCUT2D eigenvalue weighted by molar-refractivity contribution is 5.34. The van der Waals surface area contributed by atoms with Crippen LogP contribution in [0.4, 0.5) is 0 Å². The summed E-state index contributed by atoms with van der Waals surface area (Å²) in [7, 11) is 0. The quantitative estimate of drug-likeness (QED) is 0.885. The molecule has 18 heavy (non-hydrogen) atoms. The topological polar surface area (TPSA) is 29.3 Å². The first-order valence-corrected chi connectivity index (χ1v) is 7.18. The molecule has 0 bridgehead atoms. The summed E-state index contributed by atoms with van der Waals surface area (Å²) in [5.41, 5.74) is 10.2. The lowest BCUT2D eigenvalue weighted by atomic mass is 9.90. The molecule has 0 aliphatic carbocycles. The van der Waals surface area contributed by atoms with Crippen molar-refractivity contribution < 1.29 is 0 Å². The second-order valence-corrected chi connectivity index (χ2v) is 5.63. The van der Waals surface area contributed by atoms with Crippen LogP contribution in [0.1, 0.15) is 42.5 Å². The minimum absolute atomic E-state index is 0.537. The molecule has 1 saturated heterocycles. The molecule has 2 unspecified atom stereocenters. The van der Waals surface area contributed by atoms with Crippen molar-refractivity contribution in [3.05, 3.63) is 34.9 Å². The number of likely N-dealkylation sites (tertiary alicyclic amines) is 1. The SMILES string of the molecule is CCCN1CCC(CN)C1c1cc(C)ccc1C. The van der Waals surface area contributed by atoms with Gasteiger partial charge in [0.1, 0.15) is 0 Å². The van der Waals surface area contributed by atoms with E-state index in [2.05, 4.69) is 43.9 Å². The van der Waals surface area contributed by atoms with E-state index in [1.807, 2.05) is 0 Å². The van der Waals surface area contributed by atoms with E-state index in [0.717, 1.165) is 6.54 Å². The van der Waals surface area contributed by atoms with Gasteiger partial charge in [-0.2, -0.15) is 0 Å². The molecule has 1 aliphatic rings. The molecular formula is C16H26N2. The van der Waals surface area contributed by atoms with Crippen LogP contribution in [-0.2, 0) is 0 Å². The first-order chi connectivity index (χ1) is 8.67. The van der Waals surface area contributed by atoms with Crippen LogP contribution in [0.3, 0.4) is 0 Å². The zero-order chi connectivity index (χ0) is 13.1. The monoisotopic (exact) mass is 246 g/mol. The average Bonchev–Trinajstić information content (AvgIpc) is 2.75. The Hall–Kier alpha value is -0.860. The van der Waals surface area contributed by atoms with Crippen LogP contribution in [0.2, 0.25) is 0 Å². The number of benzene rings is 1. The molecule has 0 radical (unpaired) electrons. The van der Waals surface area contributed by atoms with Gasteiger partial charge in [-0.05, 0) is 63.4 Å². The largest absolute Gasteiger partial charge is 0.330 e. The predicted molar refractivity (Wildman–Crippen MR) is 77.7 cm³/mol. The van der Waals surface area contributed by atoms with Gasteiger partial charge in [0.25, 0.3) is 0 Å². The molecule has 1 aliphatic heterocycles. The predicted octanol–water partition coefficient (Wildman–Crippen LogP) is 3.04. The highest BCUT2D eigenvalue weighted by Gasteiger charge is 2.34. The van der Waals surface area contributed by atoms with Crippen molar-refractivity contribution >= 4 is 0 Å². The van der Waals surface area contributed by atoms with Crippen LogP contribution < -0.4 is 5.73 Å². The summed E-state index contributed by atoms with van der Waals surface area (Å²) in [4.78, 5) is 2.62. The van der Waals surface area contributed by atoms with Crippen LogP contribution >= 0.6 is 0 Å². The molecule has 2 heteroatoms. The van der Waals surface area contributed by atoms with E-state index < -0.39 is 0 Å². The lowest BCUT2D eigenvalue weighted by Gasteiger charge is -2.29. The maximum Gasteiger partial charge on any atom is 0.0391 e. The van der Waals surface area contributed by atoms with Crippen molar-refractivity contribution in [1.29, 1.82) is 0 Å². The zero-order valence-corrected chi connectivity index (χ0v) is 11.9. The maximum absolute atomic E-state index is 5.98. The van der Waals surface area contributed by atoms with E-state index in [-0.39, 0.29) is 0 Å². The fourth-order valence-electron chi connectivity index (χ4n) is 3.24. The minimum Gasteiger partial charge on any atom is -0.330 e. The zero-order valence-electron chi connectivity index (χ0n) is 11.9. The van der Waals surface area contributed by atoms with Crippen LogP contribution in [-0.4, -0.2) is 24.5 Å². The number of rotatable bonds is 4. The Bertz CT molecular complexity index is 400. The number of nitrogens with zero attached hydrogens (tertiary/aromatic N) is 1. The van der Waals surface area contributed by atoms with Gasteiger partial charge in [0, 0.05) is 6.04 Å². The molecule has 100 valence electrons. The standard InChI is InChI=1S/C16H26N2/c1-4-8-18-9-7-14(11-17)16(18)15-10-12(2)5-6-13(15)3/h5-6,10,14,16H,4,7-9,11,17H2,1-3H3. The molecule has 0 amide bonds. The summed E-state index contributed by atoms with van der Waals surface area (Å²) < 4.78 is 0. The molecule has 2 nitrogen and oxygen atoms in total. The molecule has 2 atom stereocenters. The minimum atomic E-state index is 0.537. The highest BCUT2D eigenvalue weighted by Crippen LogP contribution is 2.38. The van der Waals surface area contributed by atoms with E-state index in [1.54, 1.807) is 0 Å². The van der Waals surface area contributed by atoms with Gasteiger partial charge >= 0.3 is 0 Å². The third-order valence-electron chi connectivity index (χ3n) is 4.19. The van der Waals surface area contributed by atoms with Crippen molar-refractivity contribution in [3.8, 4) is 0 Å². The second kappa shape index (κ2) is 5.85. The maximum atomic E-state index is 5.98. The van der Waals surface area contributed by atoms with Crippen LogP contribution in [0.5, 0.6) is 0 Å². The van der Waals surface area contributed by atoms with Crippen molar-refractivity contribution in [1.82, 2.24) is 4.90 Å². The molecule has 0 aromatic heterocycles. The molecule has 1 aromatic carbocycles. The molecule has 0 spiro atoms. The molecule has 1 fully saturated rings. The van der Waals surface area contributed by atoms with Gasteiger partial charge in [0.05, 0.1) is 0 Å². The number of nitrogens with two attached hydrogens (primary N) is 1. The summed E-state index contributed by atoms with van der Waals surface area (Å²) >= 11 is 0. The Kier molecular flexibility index (Phi) is 4.41. The van der Waals surface area contributed by atoms with Gasteiger partial charge < -0.3 is 5.73 Å². The van der Waals surface area contributed by atoms with E-state index >= 15 is 0 Å². The Balaban J connectivity index is 2.33. The van der Waals surface area contributed by atoms with Gasteiger partial charge in [0.15, 0.2) is 0 Å². The fourth-order valence-corrected chi connectivity index (χ4v) is 3.24. The molecule has 1 aromatic rings. The van der Waals surface area contributed by atoms with Gasteiger partial charge in [-0.15, -0.1) is 0 Å². The van der Waals surface area contributed by atoms with E-state index in [1.165, 1.54) is 42.6 Å². The van der Waals surface area contributed by atoms with Crippen LogP contribution in [0, 0.1) is 19.8 Å². The van der Waals surface area contributed by atoms with E-state index in [9.17, 15) is 0 Å². The third kappa shape index (κ3) is 2.60. The smallest absolute Gasteiger partial charge is 0.0391 e. The highest BCUT2D eigenvalue weighted by atomic mass is 15.2. The van der Waals surface area contributed by atoms with E-state index in [4.69, 9.17) is 5.73 Å². The summed E-state index contributed by atoms with van der Waals surface area (Å²) in [6, 6.07) is 7.35. The Labute approximate surface area is 111 Å². The van der Waals surface area contributed by atoms with Crippen molar-refractivity contribution in [2.45, 2.75) is 39.7 Å². The second-order valence-electron chi connectivity index (χ2n) is 5.63. The molecule has 2 N–H and O–H groups in total. The van der Waals surface area contributed by atoms with Gasteiger partial charge in [-0.3, -0.25) is 4.90 Å². The summed E-state index contributed by atoms with van der Waals surface area (Å²) in [5, 5.41) is 0. The fraction of sp³-hybridized carbons (Fsp3) is 0.625. The third-order valence-corrected chi connectivity index (χ3v) is 4.19. The number of hydrogen-bond acceptors (Lipinski definition) is 2. The lowest BCUT2D eigenvalue weighted by Crippen LogP contribution is -2.29. The Morgan fingerprint density at radius 1 is 1.33 bits per heavy atom. The van der Waals surface area contributed by atoms with Gasteiger partial charge in [-0.25, -0.2) is 0 Å². The number of aryl methyl sites for hydroxylation is 2. The summed E-state index contributed by atoms with van der Waals surface area (Å²) in [5.74, 6) is 0.622. The Morgan fingerprint density at radius 3 is 2.78 bits per heavy atom. The molecule has 0 saturated carbocycles. The first-order valence-electron chi connectivity index (χ1n) is 7.18. The molecule has 2 rings (SSSR count). The molecular weight excluding hydrogens is 220 g/mol. The van der Waals surface area contributed by atoms with E-state index in [0.29, 0.717) is 12.0 Å². The van der Waals surface area contributed by atoms with Crippen LogP contribution in [0.15, 0.2) is 18.2 Å². The lowest BCUT2D eigenvalue weighted by molar-refractivity contribution is 0.230. The van der Waals surface area contributed by atoms with Gasteiger partial charge in [-0.1, -0.05) is 30.7 Å². The van der Waals surface area contributed by atoms with Crippen molar-refractivity contribution in [2.24, 2.45) is 11.7 Å². The van der Waals surface area contributed by atoms with Crippen molar-refractivity contribution in [2.75, 3.05) is 19.6 Å². The summed E-state index contributed by atoms with van der Waals surface area (Å²) in [6.45, 7) is 9.86. The van der Waals surface area contributed by atoms with Gasteiger partial charge in [0.2, 0.25) is 0 Å². The average molecular weight is 246 g/mol. The normalized spacial score (nSPS) is 24.7. The molecule has 1 heterocycles. The van der Waals surface area contributed by atoms with Crippen molar-refractivity contribution in [3.63, 3.8) is 0 Å². The Morgan fingerprint density at radius 2 is 2.11 bits per heavy atom. The number of hydrogen-bond donors (Lipinski definition) is 1. The first kappa shape index (κ1) is 13.6. The summed E-state index contributed by atoms with van der Waals surface area (Å²) in [6.07, 6.45) is 2.47.